The van der Waals surface area contributed by atoms with Crippen molar-refractivity contribution in [3.05, 3.63) is 65.5 Å². The number of carbonyl (C=O) groups is 4. The number of carbonyl (C=O) groups excluding carboxylic acids is 4. The van der Waals surface area contributed by atoms with Gasteiger partial charge in [-0.25, -0.2) is 9.18 Å². The third kappa shape index (κ3) is 4.13. The third-order valence-electron chi connectivity index (χ3n) is 6.05. The lowest BCUT2D eigenvalue weighted by molar-refractivity contribution is -0.122. The summed E-state index contributed by atoms with van der Waals surface area (Å²) >= 11 is 0. The Morgan fingerprint density at radius 2 is 1.55 bits per heavy atom. The molecule has 2 aliphatic rings. The number of ketones is 1. The van der Waals surface area contributed by atoms with Gasteiger partial charge in [-0.15, -0.1) is 0 Å². The normalized spacial score (nSPS) is 22.9. The van der Waals surface area contributed by atoms with Gasteiger partial charge in [-0.2, -0.15) is 0 Å². The van der Waals surface area contributed by atoms with E-state index < -0.39 is 24.2 Å². The van der Waals surface area contributed by atoms with Crippen molar-refractivity contribution in [1.82, 2.24) is 0 Å². The monoisotopic (exact) mass is 423 g/mol. The molecule has 0 N–H and O–H groups in total. The average molecular weight is 423 g/mol. The van der Waals surface area contributed by atoms with Crippen LogP contribution in [0.1, 0.15) is 46.9 Å². The number of benzene rings is 2. The molecule has 160 valence electrons. The topological polar surface area (TPSA) is 80.8 Å². The number of halogens is 1. The second-order valence-electron chi connectivity index (χ2n) is 8.20. The molecule has 1 saturated heterocycles. The number of esters is 1. The fraction of sp³-hybridized carbons (Fsp3) is 0.333. The molecular weight excluding hydrogens is 401 g/mol. The minimum Gasteiger partial charge on any atom is -0.454 e. The quantitative estimate of drug-likeness (QED) is 0.415. The van der Waals surface area contributed by atoms with Gasteiger partial charge in [-0.3, -0.25) is 19.3 Å². The van der Waals surface area contributed by atoms with Crippen LogP contribution in [0.2, 0.25) is 0 Å². The Kier molecular flexibility index (Phi) is 5.67. The Morgan fingerprint density at radius 3 is 2.23 bits per heavy atom. The van der Waals surface area contributed by atoms with E-state index in [1.165, 1.54) is 41.3 Å². The fourth-order valence-electron chi connectivity index (χ4n) is 4.32. The highest BCUT2D eigenvalue weighted by molar-refractivity contribution is 6.22. The Labute approximate surface area is 179 Å². The molecule has 31 heavy (non-hydrogen) atoms. The molecule has 3 atom stereocenters. The maximum Gasteiger partial charge on any atom is 0.338 e. The van der Waals surface area contributed by atoms with Crippen molar-refractivity contribution in [1.29, 1.82) is 0 Å². The summed E-state index contributed by atoms with van der Waals surface area (Å²) in [4.78, 5) is 51.1. The van der Waals surface area contributed by atoms with E-state index in [4.69, 9.17) is 4.74 Å². The van der Waals surface area contributed by atoms with Gasteiger partial charge in [0.2, 0.25) is 11.8 Å². The molecule has 0 spiro atoms. The summed E-state index contributed by atoms with van der Waals surface area (Å²) in [6, 6.07) is 11.0. The van der Waals surface area contributed by atoms with E-state index in [1.807, 2.05) is 0 Å². The van der Waals surface area contributed by atoms with E-state index >= 15 is 0 Å². The molecule has 4 rings (SSSR count). The van der Waals surface area contributed by atoms with Gasteiger partial charge in [-0.05, 0) is 73.7 Å². The molecular formula is C24H22FNO5. The Morgan fingerprint density at radius 1 is 0.935 bits per heavy atom. The van der Waals surface area contributed by atoms with Gasteiger partial charge in [0.15, 0.2) is 12.4 Å². The van der Waals surface area contributed by atoms with Gasteiger partial charge in [-0.1, -0.05) is 6.92 Å². The van der Waals surface area contributed by atoms with Crippen LogP contribution in [0.15, 0.2) is 48.5 Å². The number of imide groups is 1. The number of Topliss-reactive ketones (excluding diaryl/α,β-unsaturated/α-hetero) is 1. The number of hydrogen-bond donors (Lipinski definition) is 0. The smallest absolute Gasteiger partial charge is 0.338 e. The first-order chi connectivity index (χ1) is 14.8. The fourth-order valence-corrected chi connectivity index (χ4v) is 4.32. The van der Waals surface area contributed by atoms with Crippen molar-refractivity contribution in [2.24, 2.45) is 17.8 Å². The van der Waals surface area contributed by atoms with Crippen LogP contribution in [0.25, 0.3) is 0 Å². The number of nitrogens with zero attached hydrogens (tertiary/aromatic N) is 1. The SMILES string of the molecule is C[C@H]1CC[C@@H]2C(=O)N(c3ccc(C(=O)OCC(=O)c4ccc(F)cc4)cc3)C(=O)[C@@H]2C1. The Bertz CT molecular complexity index is 1030. The zero-order valence-electron chi connectivity index (χ0n) is 17.0. The van der Waals surface area contributed by atoms with Crippen molar-refractivity contribution in [2.45, 2.75) is 26.2 Å². The molecule has 1 aliphatic carbocycles. The average Bonchev–Trinajstić information content (AvgIpc) is 3.02. The van der Waals surface area contributed by atoms with Crippen LogP contribution in [-0.2, 0) is 14.3 Å². The van der Waals surface area contributed by atoms with Crippen molar-refractivity contribution in [3.63, 3.8) is 0 Å². The number of ether oxygens (including phenoxy) is 1. The van der Waals surface area contributed by atoms with E-state index in [2.05, 4.69) is 6.92 Å². The molecule has 1 heterocycles. The summed E-state index contributed by atoms with van der Waals surface area (Å²) in [6.45, 7) is 1.62. The number of anilines is 1. The minimum atomic E-state index is -0.705. The summed E-state index contributed by atoms with van der Waals surface area (Å²) < 4.78 is 18.0. The minimum absolute atomic E-state index is 0.179. The van der Waals surface area contributed by atoms with E-state index in [-0.39, 0.29) is 34.8 Å². The molecule has 7 heteroatoms. The molecule has 2 aromatic carbocycles. The van der Waals surface area contributed by atoms with Gasteiger partial charge in [0.05, 0.1) is 23.1 Å². The van der Waals surface area contributed by atoms with Crippen LogP contribution < -0.4 is 4.90 Å². The zero-order valence-corrected chi connectivity index (χ0v) is 17.0. The molecule has 1 aliphatic heterocycles. The maximum absolute atomic E-state index is 12.9. The highest BCUT2D eigenvalue weighted by Crippen LogP contribution is 2.42. The van der Waals surface area contributed by atoms with Crippen molar-refractivity contribution in [3.8, 4) is 0 Å². The second-order valence-corrected chi connectivity index (χ2v) is 8.20. The number of fused-ring (bicyclic) bond motifs is 1. The first-order valence-corrected chi connectivity index (χ1v) is 10.3. The zero-order chi connectivity index (χ0) is 22.1. The number of hydrogen-bond acceptors (Lipinski definition) is 5. The number of amides is 2. The molecule has 2 aromatic rings. The first-order valence-electron chi connectivity index (χ1n) is 10.3. The lowest BCUT2D eigenvalue weighted by atomic mass is 9.76. The largest absolute Gasteiger partial charge is 0.454 e. The van der Waals surface area contributed by atoms with Crippen molar-refractivity contribution in [2.75, 3.05) is 11.5 Å². The van der Waals surface area contributed by atoms with Crippen LogP contribution in [0.4, 0.5) is 10.1 Å². The number of rotatable bonds is 5. The van der Waals surface area contributed by atoms with E-state index in [1.54, 1.807) is 0 Å². The van der Waals surface area contributed by atoms with Crippen LogP contribution in [0.3, 0.4) is 0 Å². The summed E-state index contributed by atoms with van der Waals surface area (Å²) in [5, 5.41) is 0. The van der Waals surface area contributed by atoms with Crippen molar-refractivity contribution < 1.29 is 28.3 Å². The predicted octanol–water partition coefficient (Wildman–Crippen LogP) is 3.79. The predicted molar refractivity (Wildman–Crippen MR) is 110 cm³/mol. The van der Waals surface area contributed by atoms with E-state index in [9.17, 15) is 23.6 Å². The van der Waals surface area contributed by atoms with Gasteiger partial charge in [0.1, 0.15) is 5.82 Å². The van der Waals surface area contributed by atoms with Crippen LogP contribution in [0.5, 0.6) is 0 Å². The Balaban J connectivity index is 1.40. The summed E-state index contributed by atoms with van der Waals surface area (Å²) in [5.74, 6) is -2.07. The molecule has 0 aromatic heterocycles. The molecule has 6 nitrogen and oxygen atoms in total. The van der Waals surface area contributed by atoms with Crippen molar-refractivity contribution >= 4 is 29.3 Å². The van der Waals surface area contributed by atoms with Crippen LogP contribution in [0, 0.1) is 23.6 Å². The van der Waals surface area contributed by atoms with Gasteiger partial charge in [0, 0.05) is 5.56 Å². The summed E-state index contributed by atoms with van der Waals surface area (Å²) in [7, 11) is 0. The van der Waals surface area contributed by atoms with Gasteiger partial charge in [0.25, 0.3) is 0 Å². The lowest BCUT2D eigenvalue weighted by Gasteiger charge is -2.25. The molecule has 0 unspecified atom stereocenters. The van der Waals surface area contributed by atoms with Gasteiger partial charge < -0.3 is 4.74 Å². The standard InChI is InChI=1S/C24H22FNO5/c1-14-2-11-19-20(12-14)23(29)26(22(19)28)18-9-5-16(6-10-18)24(30)31-13-21(27)15-3-7-17(25)8-4-15/h3-10,14,19-20H,2,11-13H2,1H3/t14-,19-,20+/m0/s1. The maximum atomic E-state index is 12.9. The summed E-state index contributed by atoms with van der Waals surface area (Å²) in [5.41, 5.74) is 0.864. The van der Waals surface area contributed by atoms with Crippen LogP contribution in [-0.4, -0.2) is 30.2 Å². The van der Waals surface area contributed by atoms with E-state index in [0.29, 0.717) is 11.6 Å². The highest BCUT2D eigenvalue weighted by atomic mass is 19.1. The highest BCUT2D eigenvalue weighted by Gasteiger charge is 2.49. The van der Waals surface area contributed by atoms with E-state index in [0.717, 1.165) is 31.4 Å². The Hall–Kier alpha value is -3.35. The van der Waals surface area contributed by atoms with Crippen LogP contribution >= 0.6 is 0 Å². The molecule has 2 fully saturated rings. The third-order valence-corrected chi connectivity index (χ3v) is 6.05. The molecule has 2 amide bonds. The van der Waals surface area contributed by atoms with Gasteiger partial charge >= 0.3 is 5.97 Å². The second kappa shape index (κ2) is 8.41. The summed E-state index contributed by atoms with van der Waals surface area (Å²) in [6.07, 6.45) is 2.38. The molecule has 1 saturated carbocycles. The lowest BCUT2D eigenvalue weighted by Crippen LogP contribution is -2.30. The first kappa shape index (κ1) is 20.9. The molecule has 0 radical (unpaired) electrons. The molecule has 0 bridgehead atoms.